The Labute approximate surface area is 238 Å². The molecule has 0 bridgehead atoms. The first-order valence-electron chi connectivity index (χ1n) is 13.5. The average molecular weight is 579 g/mol. The summed E-state index contributed by atoms with van der Waals surface area (Å²) >= 11 is 0. The monoisotopic (exact) mass is 578 g/mol. The van der Waals surface area contributed by atoms with Crippen molar-refractivity contribution < 1.29 is 27.2 Å². The number of alkyl halides is 3. The van der Waals surface area contributed by atoms with Gasteiger partial charge < -0.3 is 4.84 Å². The summed E-state index contributed by atoms with van der Waals surface area (Å²) in [5.74, 6) is -1.54. The first kappa shape index (κ1) is 27.7. The number of hydrogen-bond acceptors (Lipinski definition) is 7. The summed E-state index contributed by atoms with van der Waals surface area (Å²) in [6.45, 7) is 2.95. The SMILES string of the molecule is Cc1ccc(-c2cc(C(=O)CCN3CCn4nc(C(F)(F)F)nc4C3)cc(C3=NOC(c4ccccn4)C3)c2)c(F)c1. The highest BCUT2D eigenvalue weighted by Crippen LogP contribution is 2.32. The van der Waals surface area contributed by atoms with Gasteiger partial charge in [-0.3, -0.25) is 14.7 Å². The largest absolute Gasteiger partial charge is 0.453 e. The van der Waals surface area contributed by atoms with E-state index in [0.29, 0.717) is 47.5 Å². The summed E-state index contributed by atoms with van der Waals surface area (Å²) in [6, 6.07) is 15.6. The van der Waals surface area contributed by atoms with Gasteiger partial charge in [0.15, 0.2) is 11.9 Å². The summed E-state index contributed by atoms with van der Waals surface area (Å²) in [4.78, 5) is 29.0. The summed E-state index contributed by atoms with van der Waals surface area (Å²) < 4.78 is 55.3. The zero-order valence-corrected chi connectivity index (χ0v) is 22.6. The molecule has 2 aliphatic heterocycles. The number of rotatable bonds is 7. The van der Waals surface area contributed by atoms with Gasteiger partial charge in [0.2, 0.25) is 0 Å². The minimum absolute atomic E-state index is 0.110. The lowest BCUT2D eigenvalue weighted by molar-refractivity contribution is -0.145. The number of aromatic nitrogens is 4. The van der Waals surface area contributed by atoms with Crippen LogP contribution in [-0.2, 0) is 24.1 Å². The molecule has 1 unspecified atom stereocenters. The molecule has 8 nitrogen and oxygen atoms in total. The van der Waals surface area contributed by atoms with Crippen LogP contribution in [0, 0.1) is 12.7 Å². The highest BCUT2D eigenvalue weighted by atomic mass is 19.4. The highest BCUT2D eigenvalue weighted by Gasteiger charge is 2.38. The maximum absolute atomic E-state index is 15.0. The van der Waals surface area contributed by atoms with E-state index in [4.69, 9.17) is 4.84 Å². The van der Waals surface area contributed by atoms with Gasteiger partial charge in [0.05, 0.1) is 24.5 Å². The van der Waals surface area contributed by atoms with Crippen LogP contribution in [0.4, 0.5) is 17.6 Å². The molecule has 2 aliphatic rings. The number of fused-ring (bicyclic) bond motifs is 1. The zero-order chi connectivity index (χ0) is 29.4. The Kier molecular flexibility index (Phi) is 7.31. The number of hydrogen-bond donors (Lipinski definition) is 0. The van der Waals surface area contributed by atoms with Gasteiger partial charge in [0.25, 0.3) is 5.82 Å². The first-order chi connectivity index (χ1) is 20.1. The molecule has 0 saturated carbocycles. The van der Waals surface area contributed by atoms with E-state index in [9.17, 15) is 18.0 Å². The Morgan fingerprint density at radius 3 is 2.67 bits per heavy atom. The second kappa shape index (κ2) is 11.1. The van der Waals surface area contributed by atoms with Crippen molar-refractivity contribution in [2.24, 2.45) is 5.16 Å². The Bertz CT molecular complexity index is 1670. The predicted octanol–water partition coefficient (Wildman–Crippen LogP) is 5.76. The third kappa shape index (κ3) is 5.80. The minimum Gasteiger partial charge on any atom is -0.385 e. The molecule has 0 saturated heterocycles. The van der Waals surface area contributed by atoms with Gasteiger partial charge in [-0.25, -0.2) is 14.1 Å². The summed E-state index contributed by atoms with van der Waals surface area (Å²) in [5.41, 5.74) is 4.02. The smallest absolute Gasteiger partial charge is 0.385 e. The van der Waals surface area contributed by atoms with Crippen molar-refractivity contribution in [1.82, 2.24) is 24.6 Å². The molecule has 2 aromatic heterocycles. The number of carbonyl (C=O) groups excluding carboxylic acids is 1. The van der Waals surface area contributed by atoms with E-state index >= 15 is 4.39 Å². The number of aryl methyl sites for hydroxylation is 1. The minimum atomic E-state index is -4.61. The Balaban J connectivity index is 1.23. The van der Waals surface area contributed by atoms with Crippen molar-refractivity contribution in [3.05, 3.63) is 101 Å². The molecule has 42 heavy (non-hydrogen) atoms. The van der Waals surface area contributed by atoms with Gasteiger partial charge in [-0.05, 0) is 54.4 Å². The molecule has 6 rings (SSSR count). The van der Waals surface area contributed by atoms with Crippen LogP contribution in [0.1, 0.15) is 57.8 Å². The van der Waals surface area contributed by atoms with Gasteiger partial charge in [-0.2, -0.15) is 13.2 Å². The molecule has 0 N–H and O–H groups in total. The van der Waals surface area contributed by atoms with Gasteiger partial charge >= 0.3 is 6.18 Å². The van der Waals surface area contributed by atoms with Crippen molar-refractivity contribution in [2.75, 3.05) is 13.1 Å². The quantitative estimate of drug-likeness (QED) is 0.205. The summed E-state index contributed by atoms with van der Waals surface area (Å²) in [6.07, 6.45) is -2.77. The molecule has 4 heterocycles. The van der Waals surface area contributed by atoms with Crippen LogP contribution in [0.5, 0.6) is 0 Å². The zero-order valence-electron chi connectivity index (χ0n) is 22.6. The molecule has 4 aromatic rings. The van der Waals surface area contributed by atoms with Crippen LogP contribution in [0.2, 0.25) is 0 Å². The lowest BCUT2D eigenvalue weighted by Crippen LogP contribution is -2.35. The fourth-order valence-electron chi connectivity index (χ4n) is 5.14. The van der Waals surface area contributed by atoms with Crippen LogP contribution in [-0.4, -0.2) is 49.2 Å². The van der Waals surface area contributed by atoms with E-state index in [2.05, 4.69) is 20.2 Å². The second-order valence-corrected chi connectivity index (χ2v) is 10.4. The Morgan fingerprint density at radius 2 is 1.90 bits per heavy atom. The standard InChI is InChI=1S/C30H26F4N6O2/c1-18-5-6-22(23(31)12-18)19-13-20(25-16-27(42-38-25)24-4-2-3-8-35-24)15-21(14-19)26(41)7-9-39-10-11-40-28(17-39)36-29(37-40)30(32,33)34/h2-6,8,12-15,27H,7,9-11,16-17H2,1H3. The molecule has 0 radical (unpaired) electrons. The van der Waals surface area contributed by atoms with E-state index in [1.807, 2.05) is 23.1 Å². The number of benzene rings is 2. The molecule has 0 fully saturated rings. The van der Waals surface area contributed by atoms with Gasteiger partial charge in [0.1, 0.15) is 11.6 Å². The van der Waals surface area contributed by atoms with Crippen molar-refractivity contribution >= 4 is 11.5 Å². The number of Topliss-reactive ketones (excluding diaryl/α,β-unsaturated/α-hetero) is 1. The molecule has 0 amide bonds. The van der Waals surface area contributed by atoms with Crippen LogP contribution in [0.25, 0.3) is 11.1 Å². The maximum Gasteiger partial charge on any atom is 0.453 e. The molecular weight excluding hydrogens is 552 g/mol. The van der Waals surface area contributed by atoms with Crippen molar-refractivity contribution in [3.8, 4) is 11.1 Å². The molecular formula is C30H26F4N6O2. The van der Waals surface area contributed by atoms with E-state index in [1.54, 1.807) is 43.5 Å². The summed E-state index contributed by atoms with van der Waals surface area (Å²) in [5, 5.41) is 7.82. The molecule has 216 valence electrons. The highest BCUT2D eigenvalue weighted by molar-refractivity contribution is 6.05. The van der Waals surface area contributed by atoms with Gasteiger partial charge in [-0.1, -0.05) is 23.4 Å². The third-order valence-corrected chi connectivity index (χ3v) is 7.36. The fourth-order valence-corrected chi connectivity index (χ4v) is 5.14. The maximum atomic E-state index is 15.0. The van der Waals surface area contributed by atoms with E-state index in [0.717, 1.165) is 11.3 Å². The lowest BCUT2D eigenvalue weighted by atomic mass is 9.93. The van der Waals surface area contributed by atoms with E-state index in [-0.39, 0.29) is 37.2 Å². The Morgan fingerprint density at radius 1 is 1.07 bits per heavy atom. The first-order valence-corrected chi connectivity index (χ1v) is 13.5. The van der Waals surface area contributed by atoms with E-state index < -0.39 is 17.8 Å². The van der Waals surface area contributed by atoms with E-state index in [1.165, 1.54) is 10.7 Å². The number of halogens is 4. The number of nitrogens with zero attached hydrogens (tertiary/aromatic N) is 6. The van der Waals surface area contributed by atoms with Crippen LogP contribution in [0.3, 0.4) is 0 Å². The fraction of sp³-hybridized carbons (Fsp3) is 0.300. The number of pyridine rings is 1. The topological polar surface area (TPSA) is 85.5 Å². The number of carbonyl (C=O) groups is 1. The van der Waals surface area contributed by atoms with Gasteiger partial charge in [0, 0.05) is 48.8 Å². The second-order valence-electron chi connectivity index (χ2n) is 10.4. The molecule has 0 spiro atoms. The van der Waals surface area contributed by atoms with Gasteiger partial charge in [-0.15, -0.1) is 5.10 Å². The van der Waals surface area contributed by atoms with Crippen LogP contribution >= 0.6 is 0 Å². The molecule has 2 aromatic carbocycles. The lowest BCUT2D eigenvalue weighted by Gasteiger charge is -2.26. The normalized spacial score (nSPS) is 17.1. The van der Waals surface area contributed by atoms with Crippen molar-refractivity contribution in [1.29, 1.82) is 0 Å². The summed E-state index contributed by atoms with van der Waals surface area (Å²) in [7, 11) is 0. The number of ketones is 1. The van der Waals surface area contributed by atoms with Crippen LogP contribution in [0.15, 0.2) is 65.9 Å². The number of oxime groups is 1. The molecule has 12 heteroatoms. The molecule has 1 atom stereocenters. The van der Waals surface area contributed by atoms with Crippen LogP contribution < -0.4 is 0 Å². The Hall–Kier alpha value is -4.45. The molecule has 0 aliphatic carbocycles. The predicted molar refractivity (Wildman–Crippen MR) is 145 cm³/mol. The van der Waals surface area contributed by atoms with Crippen molar-refractivity contribution in [3.63, 3.8) is 0 Å². The third-order valence-electron chi connectivity index (χ3n) is 7.36. The van der Waals surface area contributed by atoms with Crippen molar-refractivity contribution in [2.45, 2.75) is 45.1 Å². The average Bonchev–Trinajstić information content (AvgIpc) is 3.64.